The Balaban J connectivity index is 2.45. The van der Waals surface area contributed by atoms with Gasteiger partial charge in [0.25, 0.3) is 0 Å². The fourth-order valence-electron chi connectivity index (χ4n) is 2.29. The molecule has 0 unspecified atom stereocenters. The lowest BCUT2D eigenvalue weighted by Crippen LogP contribution is -2.58. The van der Waals surface area contributed by atoms with Crippen LogP contribution in [0, 0.1) is 5.92 Å². The summed E-state index contributed by atoms with van der Waals surface area (Å²) in [6, 6.07) is -0.367. The molecule has 19 heavy (non-hydrogen) atoms. The van der Waals surface area contributed by atoms with Crippen LogP contribution < -0.4 is 10.6 Å². The zero-order chi connectivity index (χ0) is 14.3. The first-order valence-corrected chi connectivity index (χ1v) is 8.03. The Morgan fingerprint density at radius 3 is 2.53 bits per heavy atom. The first-order valence-electron chi connectivity index (χ1n) is 6.87. The highest BCUT2D eigenvalue weighted by atomic mass is 32.2. The summed E-state index contributed by atoms with van der Waals surface area (Å²) in [5.41, 5.74) is -1.07. The Bertz CT molecular complexity index is 315. The van der Waals surface area contributed by atoms with Gasteiger partial charge in [-0.3, -0.25) is 0 Å². The first kappa shape index (κ1) is 16.1. The van der Waals surface area contributed by atoms with Crippen molar-refractivity contribution >= 4 is 23.8 Å². The number of rotatable bonds is 6. The molecule has 0 aliphatic heterocycles. The lowest BCUT2D eigenvalue weighted by atomic mass is 9.77. The highest BCUT2D eigenvalue weighted by Crippen LogP contribution is 2.32. The van der Waals surface area contributed by atoms with Crippen LogP contribution in [0.5, 0.6) is 0 Å². The molecule has 0 aromatic carbocycles. The summed E-state index contributed by atoms with van der Waals surface area (Å²) < 4.78 is 0. The Labute approximate surface area is 118 Å². The monoisotopic (exact) mass is 288 g/mol. The molecule has 0 radical (unpaired) electrons. The molecule has 5 nitrogen and oxygen atoms in total. The van der Waals surface area contributed by atoms with Gasteiger partial charge in [0.05, 0.1) is 0 Å². The quantitative estimate of drug-likeness (QED) is 0.654. The Hall–Kier alpha value is -0.910. The number of carboxylic acid groups (broad SMARTS) is 1. The number of urea groups is 1. The highest BCUT2D eigenvalue weighted by Gasteiger charge is 2.42. The Morgan fingerprint density at radius 2 is 2.00 bits per heavy atom. The van der Waals surface area contributed by atoms with Gasteiger partial charge in [-0.2, -0.15) is 11.8 Å². The van der Waals surface area contributed by atoms with E-state index in [9.17, 15) is 14.7 Å². The van der Waals surface area contributed by atoms with E-state index in [1.807, 2.05) is 0 Å². The topological polar surface area (TPSA) is 78.4 Å². The van der Waals surface area contributed by atoms with Gasteiger partial charge in [0.1, 0.15) is 5.54 Å². The summed E-state index contributed by atoms with van der Waals surface area (Å²) in [6.45, 7) is 4.75. The highest BCUT2D eigenvalue weighted by molar-refractivity contribution is 7.99. The molecule has 1 aliphatic rings. The van der Waals surface area contributed by atoms with Gasteiger partial charge in [0.2, 0.25) is 0 Å². The normalized spacial score (nSPS) is 26.7. The van der Waals surface area contributed by atoms with Gasteiger partial charge in [0, 0.05) is 12.3 Å². The molecule has 0 saturated heterocycles. The fraction of sp³-hybridized carbons (Fsp3) is 0.846. The molecule has 0 aromatic rings. The second kappa shape index (κ2) is 7.62. The van der Waals surface area contributed by atoms with Gasteiger partial charge in [-0.05, 0) is 37.4 Å². The molecule has 1 fully saturated rings. The molecule has 0 atom stereocenters. The van der Waals surface area contributed by atoms with Crippen molar-refractivity contribution in [2.45, 2.75) is 45.1 Å². The van der Waals surface area contributed by atoms with Crippen molar-refractivity contribution in [2.75, 3.05) is 18.1 Å². The maximum Gasteiger partial charge on any atom is 0.329 e. The van der Waals surface area contributed by atoms with E-state index in [0.29, 0.717) is 25.3 Å². The van der Waals surface area contributed by atoms with Crippen molar-refractivity contribution in [3.63, 3.8) is 0 Å². The number of carboxylic acids is 1. The summed E-state index contributed by atoms with van der Waals surface area (Å²) in [6.07, 6.45) is 2.72. The van der Waals surface area contributed by atoms with Crippen LogP contribution in [0.1, 0.15) is 39.5 Å². The first-order chi connectivity index (χ1) is 9.00. The van der Waals surface area contributed by atoms with Crippen LogP contribution in [0.25, 0.3) is 0 Å². The minimum Gasteiger partial charge on any atom is -0.480 e. The second-order valence-electron chi connectivity index (χ2n) is 5.15. The van der Waals surface area contributed by atoms with Crippen molar-refractivity contribution in [2.24, 2.45) is 5.92 Å². The summed E-state index contributed by atoms with van der Waals surface area (Å²) in [5, 5.41) is 14.8. The fourth-order valence-corrected chi connectivity index (χ4v) is 2.82. The van der Waals surface area contributed by atoms with Crippen LogP contribution in [0.2, 0.25) is 0 Å². The van der Waals surface area contributed by atoms with Crippen molar-refractivity contribution in [3.05, 3.63) is 0 Å². The number of carbonyl (C=O) groups excluding carboxylic acids is 1. The third-order valence-corrected chi connectivity index (χ3v) is 4.53. The zero-order valence-corrected chi connectivity index (χ0v) is 12.5. The van der Waals surface area contributed by atoms with Gasteiger partial charge in [-0.1, -0.05) is 13.8 Å². The number of thioether (sulfide) groups is 1. The summed E-state index contributed by atoms with van der Waals surface area (Å²) >= 11 is 1.74. The molecule has 6 heteroatoms. The maximum absolute atomic E-state index is 11.8. The molecule has 0 heterocycles. The van der Waals surface area contributed by atoms with Gasteiger partial charge >= 0.3 is 12.0 Å². The number of hydrogen-bond acceptors (Lipinski definition) is 3. The smallest absolute Gasteiger partial charge is 0.329 e. The van der Waals surface area contributed by atoms with E-state index >= 15 is 0 Å². The molecular weight excluding hydrogens is 264 g/mol. The molecule has 3 N–H and O–H groups in total. The number of aliphatic carboxylic acids is 1. The number of carbonyl (C=O) groups is 2. The van der Waals surface area contributed by atoms with Crippen molar-refractivity contribution in [1.82, 2.24) is 10.6 Å². The zero-order valence-electron chi connectivity index (χ0n) is 11.7. The van der Waals surface area contributed by atoms with Gasteiger partial charge < -0.3 is 15.7 Å². The van der Waals surface area contributed by atoms with Gasteiger partial charge in [-0.25, -0.2) is 9.59 Å². The number of hydrogen-bond donors (Lipinski definition) is 3. The molecule has 0 spiro atoms. The maximum atomic E-state index is 11.8. The predicted molar refractivity (Wildman–Crippen MR) is 77.5 cm³/mol. The lowest BCUT2D eigenvalue weighted by molar-refractivity contribution is -0.146. The van der Waals surface area contributed by atoms with E-state index in [2.05, 4.69) is 24.5 Å². The van der Waals surface area contributed by atoms with Gasteiger partial charge in [0.15, 0.2) is 0 Å². The largest absolute Gasteiger partial charge is 0.480 e. The van der Waals surface area contributed by atoms with Crippen LogP contribution in [0.3, 0.4) is 0 Å². The van der Waals surface area contributed by atoms with Crippen molar-refractivity contribution in [1.29, 1.82) is 0 Å². The molecule has 0 aromatic heterocycles. The minimum atomic E-state index is -1.07. The lowest BCUT2D eigenvalue weighted by Gasteiger charge is -2.36. The van der Waals surface area contributed by atoms with Gasteiger partial charge in [-0.15, -0.1) is 0 Å². The average molecular weight is 288 g/mol. The molecule has 110 valence electrons. The molecule has 1 rings (SSSR count). The van der Waals surface area contributed by atoms with E-state index in [0.717, 1.165) is 24.3 Å². The number of amides is 2. The predicted octanol–water partition coefficient (Wildman–Crippen LogP) is 2.07. The van der Waals surface area contributed by atoms with E-state index in [4.69, 9.17) is 0 Å². The van der Waals surface area contributed by atoms with E-state index < -0.39 is 11.5 Å². The number of nitrogens with one attached hydrogen (secondary N) is 2. The van der Waals surface area contributed by atoms with E-state index in [-0.39, 0.29) is 6.03 Å². The van der Waals surface area contributed by atoms with Crippen LogP contribution in [-0.2, 0) is 4.79 Å². The van der Waals surface area contributed by atoms with Crippen LogP contribution in [0.4, 0.5) is 4.79 Å². The third kappa shape index (κ3) is 4.93. The van der Waals surface area contributed by atoms with Crippen LogP contribution in [0.15, 0.2) is 0 Å². The standard InChI is InChI=1S/C13H24N2O3S/c1-3-19-9-8-14-12(18)15-13(11(16)17)6-4-10(2)5-7-13/h10H,3-9H2,1-2H3,(H,16,17)(H2,14,15,18). The molecule has 1 aliphatic carbocycles. The molecule has 2 amide bonds. The average Bonchev–Trinajstić information content (AvgIpc) is 2.37. The summed E-state index contributed by atoms with van der Waals surface area (Å²) in [4.78, 5) is 23.2. The van der Waals surface area contributed by atoms with Crippen molar-refractivity contribution in [3.8, 4) is 0 Å². The molecule has 0 bridgehead atoms. The SMILES string of the molecule is CCSCCNC(=O)NC1(C(=O)O)CCC(C)CC1. The Morgan fingerprint density at radius 1 is 1.37 bits per heavy atom. The minimum absolute atomic E-state index is 0.367. The van der Waals surface area contributed by atoms with E-state index in [1.165, 1.54) is 0 Å². The van der Waals surface area contributed by atoms with Crippen LogP contribution in [-0.4, -0.2) is 40.7 Å². The molecule has 1 saturated carbocycles. The molecular formula is C13H24N2O3S. The second-order valence-corrected chi connectivity index (χ2v) is 6.54. The van der Waals surface area contributed by atoms with Crippen LogP contribution >= 0.6 is 11.8 Å². The Kier molecular flexibility index (Phi) is 6.48. The van der Waals surface area contributed by atoms with E-state index in [1.54, 1.807) is 11.8 Å². The third-order valence-electron chi connectivity index (χ3n) is 3.63. The summed E-state index contributed by atoms with van der Waals surface area (Å²) in [5.74, 6) is 1.48. The summed E-state index contributed by atoms with van der Waals surface area (Å²) in [7, 11) is 0. The van der Waals surface area contributed by atoms with Crippen molar-refractivity contribution < 1.29 is 14.7 Å².